The Bertz CT molecular complexity index is 893. The van der Waals surface area contributed by atoms with Crippen LogP contribution >= 0.6 is 11.6 Å². The number of carboxylic acid groups (broad SMARTS) is 1. The van der Waals surface area contributed by atoms with E-state index >= 15 is 0 Å². The Kier molecular flexibility index (Phi) is 5.42. The van der Waals surface area contributed by atoms with Crippen LogP contribution in [0.25, 0.3) is 0 Å². The molecule has 1 aromatic heterocycles. The van der Waals surface area contributed by atoms with Crippen LogP contribution in [-0.2, 0) is 11.3 Å². The second kappa shape index (κ2) is 7.74. The average Bonchev–Trinajstić information content (AvgIpc) is 2.65. The molecule has 7 heteroatoms. The molecule has 2 aromatic rings. The standard InChI is InChI=1S/C19H19ClN2O4/c20-16-6-2-1-4-13(16)10-22-11-14(7-8-17(22)23)18(24)21-9-3-5-15(12-21)19(25)26/h1-2,4,6-8,11,15H,3,5,9-10,12H2,(H,25,26). The maximum absolute atomic E-state index is 12.7. The lowest BCUT2D eigenvalue weighted by atomic mass is 9.98. The van der Waals surface area contributed by atoms with Crippen LogP contribution in [0.5, 0.6) is 0 Å². The van der Waals surface area contributed by atoms with E-state index in [1.807, 2.05) is 18.2 Å². The van der Waals surface area contributed by atoms with Crippen molar-refractivity contribution in [1.29, 1.82) is 0 Å². The lowest BCUT2D eigenvalue weighted by molar-refractivity contribution is -0.143. The summed E-state index contributed by atoms with van der Waals surface area (Å²) < 4.78 is 1.44. The number of aromatic nitrogens is 1. The zero-order valence-corrected chi connectivity index (χ0v) is 14.9. The predicted molar refractivity (Wildman–Crippen MR) is 97.5 cm³/mol. The molecule has 0 spiro atoms. The molecular weight excluding hydrogens is 356 g/mol. The van der Waals surface area contributed by atoms with Gasteiger partial charge in [-0.25, -0.2) is 0 Å². The van der Waals surface area contributed by atoms with Crippen LogP contribution in [0.15, 0.2) is 47.4 Å². The number of amides is 1. The molecule has 1 fully saturated rings. The van der Waals surface area contributed by atoms with Crippen molar-refractivity contribution < 1.29 is 14.7 Å². The summed E-state index contributed by atoms with van der Waals surface area (Å²) in [6, 6.07) is 10.0. The zero-order valence-electron chi connectivity index (χ0n) is 14.1. The van der Waals surface area contributed by atoms with Gasteiger partial charge in [0.1, 0.15) is 0 Å². The smallest absolute Gasteiger partial charge is 0.308 e. The Labute approximate surface area is 155 Å². The van der Waals surface area contributed by atoms with Crippen LogP contribution in [0.1, 0.15) is 28.8 Å². The number of pyridine rings is 1. The van der Waals surface area contributed by atoms with E-state index in [4.69, 9.17) is 11.6 Å². The Balaban J connectivity index is 1.83. The van der Waals surface area contributed by atoms with Crippen molar-refractivity contribution in [2.75, 3.05) is 13.1 Å². The first kappa shape index (κ1) is 18.2. The van der Waals surface area contributed by atoms with Gasteiger partial charge in [0, 0.05) is 30.4 Å². The summed E-state index contributed by atoms with van der Waals surface area (Å²) in [5, 5.41) is 9.74. The third kappa shape index (κ3) is 3.96. The van der Waals surface area contributed by atoms with Gasteiger partial charge >= 0.3 is 5.97 Å². The number of benzene rings is 1. The Morgan fingerprint density at radius 3 is 2.69 bits per heavy atom. The average molecular weight is 375 g/mol. The molecule has 0 aliphatic carbocycles. The number of aliphatic carboxylic acids is 1. The minimum Gasteiger partial charge on any atom is -0.481 e. The van der Waals surface area contributed by atoms with E-state index in [1.54, 1.807) is 11.0 Å². The van der Waals surface area contributed by atoms with Crippen LogP contribution in [0.2, 0.25) is 5.02 Å². The van der Waals surface area contributed by atoms with Gasteiger partial charge in [-0.05, 0) is 30.5 Å². The van der Waals surface area contributed by atoms with Crippen molar-refractivity contribution in [3.05, 3.63) is 69.1 Å². The Morgan fingerprint density at radius 1 is 1.19 bits per heavy atom. The maximum Gasteiger partial charge on any atom is 0.308 e. The van der Waals surface area contributed by atoms with Gasteiger partial charge in [0.15, 0.2) is 0 Å². The molecule has 1 amide bonds. The van der Waals surface area contributed by atoms with Crippen molar-refractivity contribution in [3.8, 4) is 0 Å². The summed E-state index contributed by atoms with van der Waals surface area (Å²) in [7, 11) is 0. The van der Waals surface area contributed by atoms with E-state index in [-0.39, 0.29) is 24.6 Å². The summed E-state index contributed by atoms with van der Waals surface area (Å²) >= 11 is 6.15. The highest BCUT2D eigenvalue weighted by Gasteiger charge is 2.28. The van der Waals surface area contributed by atoms with E-state index < -0.39 is 11.9 Å². The number of rotatable bonds is 4. The molecule has 1 saturated heterocycles. The number of carboxylic acids is 1. The SMILES string of the molecule is O=C(O)C1CCCN(C(=O)c2ccc(=O)n(Cc3ccccc3Cl)c2)C1. The molecule has 0 radical (unpaired) electrons. The van der Waals surface area contributed by atoms with Gasteiger partial charge in [0.2, 0.25) is 0 Å². The minimum absolute atomic E-state index is 0.192. The highest BCUT2D eigenvalue weighted by atomic mass is 35.5. The summed E-state index contributed by atoms with van der Waals surface area (Å²) in [5.41, 5.74) is 0.913. The van der Waals surface area contributed by atoms with Crippen molar-refractivity contribution in [3.63, 3.8) is 0 Å². The highest BCUT2D eigenvalue weighted by Crippen LogP contribution is 2.19. The quantitative estimate of drug-likeness (QED) is 0.891. The minimum atomic E-state index is -0.883. The third-order valence-corrected chi connectivity index (χ3v) is 4.96. The number of carbonyl (C=O) groups is 2. The van der Waals surface area contributed by atoms with Crippen LogP contribution < -0.4 is 5.56 Å². The normalized spacial score (nSPS) is 17.1. The van der Waals surface area contributed by atoms with Gasteiger partial charge in [0.25, 0.3) is 11.5 Å². The maximum atomic E-state index is 12.7. The van der Waals surface area contributed by atoms with Crippen molar-refractivity contribution >= 4 is 23.5 Å². The number of piperidine rings is 1. The first-order valence-electron chi connectivity index (χ1n) is 8.41. The lowest BCUT2D eigenvalue weighted by Crippen LogP contribution is -2.42. The van der Waals surface area contributed by atoms with Crippen LogP contribution in [-0.4, -0.2) is 39.5 Å². The third-order valence-electron chi connectivity index (χ3n) is 4.59. The molecule has 6 nitrogen and oxygen atoms in total. The molecule has 26 heavy (non-hydrogen) atoms. The highest BCUT2D eigenvalue weighted by molar-refractivity contribution is 6.31. The first-order valence-corrected chi connectivity index (χ1v) is 8.79. The molecule has 1 aliphatic heterocycles. The van der Waals surface area contributed by atoms with Gasteiger partial charge in [0.05, 0.1) is 18.0 Å². The molecule has 2 heterocycles. The molecule has 1 aliphatic rings. The van der Waals surface area contributed by atoms with Gasteiger partial charge < -0.3 is 14.6 Å². The van der Waals surface area contributed by atoms with Crippen LogP contribution in [0.4, 0.5) is 0 Å². The number of hydrogen-bond acceptors (Lipinski definition) is 3. The van der Waals surface area contributed by atoms with Crippen LogP contribution in [0, 0.1) is 5.92 Å². The van der Waals surface area contributed by atoms with E-state index in [1.165, 1.54) is 22.9 Å². The van der Waals surface area contributed by atoms with E-state index in [0.29, 0.717) is 30.0 Å². The zero-order chi connectivity index (χ0) is 18.7. The summed E-state index contributed by atoms with van der Waals surface area (Å²) in [6.07, 6.45) is 2.74. The lowest BCUT2D eigenvalue weighted by Gasteiger charge is -2.30. The second-order valence-corrected chi connectivity index (χ2v) is 6.81. The van der Waals surface area contributed by atoms with Crippen molar-refractivity contribution in [1.82, 2.24) is 9.47 Å². The molecule has 1 N–H and O–H groups in total. The van der Waals surface area contributed by atoms with Crippen LogP contribution in [0.3, 0.4) is 0 Å². The van der Waals surface area contributed by atoms with Crippen molar-refractivity contribution in [2.45, 2.75) is 19.4 Å². The fraction of sp³-hybridized carbons (Fsp3) is 0.316. The molecule has 1 aromatic carbocycles. The monoisotopic (exact) mass is 374 g/mol. The van der Waals surface area contributed by atoms with E-state index in [9.17, 15) is 19.5 Å². The molecule has 1 atom stereocenters. The van der Waals surface area contributed by atoms with Gasteiger partial charge in [-0.3, -0.25) is 14.4 Å². The van der Waals surface area contributed by atoms with Gasteiger partial charge in [-0.15, -0.1) is 0 Å². The van der Waals surface area contributed by atoms with Gasteiger partial charge in [-0.2, -0.15) is 0 Å². The number of nitrogens with zero attached hydrogens (tertiary/aromatic N) is 2. The topological polar surface area (TPSA) is 79.6 Å². The number of carbonyl (C=O) groups excluding carboxylic acids is 1. The van der Waals surface area contributed by atoms with Gasteiger partial charge in [-0.1, -0.05) is 29.8 Å². The van der Waals surface area contributed by atoms with E-state index in [2.05, 4.69) is 0 Å². The van der Waals surface area contributed by atoms with Crippen molar-refractivity contribution in [2.24, 2.45) is 5.92 Å². The number of hydrogen-bond donors (Lipinski definition) is 1. The first-order chi connectivity index (χ1) is 12.5. The Morgan fingerprint density at radius 2 is 1.96 bits per heavy atom. The molecule has 3 rings (SSSR count). The summed E-state index contributed by atoms with van der Waals surface area (Å²) in [5.74, 6) is -1.68. The summed E-state index contributed by atoms with van der Waals surface area (Å²) in [4.78, 5) is 37.6. The van der Waals surface area contributed by atoms with E-state index in [0.717, 1.165) is 5.56 Å². The molecule has 0 saturated carbocycles. The number of likely N-dealkylation sites (tertiary alicyclic amines) is 1. The summed E-state index contributed by atoms with van der Waals surface area (Å²) in [6.45, 7) is 0.974. The Hall–Kier alpha value is -2.60. The predicted octanol–water partition coefficient (Wildman–Crippen LogP) is 2.49. The second-order valence-electron chi connectivity index (χ2n) is 6.40. The molecule has 0 bridgehead atoms. The molecule has 136 valence electrons. The largest absolute Gasteiger partial charge is 0.481 e. The fourth-order valence-electron chi connectivity index (χ4n) is 3.14. The fourth-order valence-corrected chi connectivity index (χ4v) is 3.33. The molecular formula is C19H19ClN2O4. The number of halogens is 1. The molecule has 1 unspecified atom stereocenters.